The van der Waals surface area contributed by atoms with Crippen molar-refractivity contribution in [2.75, 3.05) is 25.0 Å². The Hall–Kier alpha value is -1.46. The fraction of sp³-hybridized carbons (Fsp3) is 0.533. The number of aryl methyl sites for hydroxylation is 1. The normalized spacial score (nSPS) is 23.6. The largest absolute Gasteiger partial charge is 0.327 e. The highest BCUT2D eigenvalue weighted by Crippen LogP contribution is 2.16. The molecule has 3 N–H and O–H groups in total. The highest BCUT2D eigenvalue weighted by Gasteiger charge is 2.24. The van der Waals surface area contributed by atoms with Gasteiger partial charge in [-0.2, -0.15) is 0 Å². The van der Waals surface area contributed by atoms with Crippen LogP contribution < -0.4 is 11.1 Å². The van der Waals surface area contributed by atoms with Crippen molar-refractivity contribution in [2.45, 2.75) is 26.3 Å². The first kappa shape index (κ1) is 14.9. The Morgan fingerprint density at radius 3 is 2.95 bits per heavy atom. The zero-order valence-electron chi connectivity index (χ0n) is 12.0. The molecule has 0 bridgehead atoms. The molecule has 1 aliphatic rings. The maximum absolute atomic E-state index is 13.4. The van der Waals surface area contributed by atoms with Crippen LogP contribution in [0.1, 0.15) is 18.9 Å². The Morgan fingerprint density at radius 2 is 2.30 bits per heavy atom. The minimum absolute atomic E-state index is 0.115. The van der Waals surface area contributed by atoms with Crippen LogP contribution in [0.5, 0.6) is 0 Å². The summed E-state index contributed by atoms with van der Waals surface area (Å²) < 4.78 is 13.4. The molecule has 0 aliphatic carbocycles. The third kappa shape index (κ3) is 3.77. The van der Waals surface area contributed by atoms with Crippen molar-refractivity contribution < 1.29 is 9.18 Å². The van der Waals surface area contributed by atoms with Gasteiger partial charge in [0.2, 0.25) is 5.91 Å². The fourth-order valence-corrected chi connectivity index (χ4v) is 2.47. The number of amides is 1. The van der Waals surface area contributed by atoms with E-state index in [2.05, 4.69) is 17.1 Å². The molecule has 4 nitrogen and oxygen atoms in total. The molecule has 0 aromatic heterocycles. The number of hydrogen-bond acceptors (Lipinski definition) is 3. The molecule has 1 aromatic carbocycles. The number of likely N-dealkylation sites (tertiary alicyclic amines) is 1. The quantitative estimate of drug-likeness (QED) is 0.886. The molecule has 2 unspecified atom stereocenters. The van der Waals surface area contributed by atoms with E-state index in [0.717, 1.165) is 19.5 Å². The van der Waals surface area contributed by atoms with Crippen molar-refractivity contribution in [3.63, 3.8) is 0 Å². The molecule has 5 heteroatoms. The second-order valence-electron chi connectivity index (χ2n) is 5.68. The molecule has 1 aromatic rings. The molecule has 1 aliphatic heterocycles. The van der Waals surface area contributed by atoms with Gasteiger partial charge in [0, 0.05) is 24.8 Å². The fourth-order valence-electron chi connectivity index (χ4n) is 2.47. The van der Waals surface area contributed by atoms with E-state index in [1.54, 1.807) is 19.1 Å². The summed E-state index contributed by atoms with van der Waals surface area (Å²) in [4.78, 5) is 14.0. The standard InChI is InChI=1S/C15H22FN3O/c1-10-3-4-12(7-13(10)16)18-15(20)9-19-6-5-14(17)11(2)8-19/h3-4,7,11,14H,5-6,8-9,17H2,1-2H3,(H,18,20). The zero-order chi connectivity index (χ0) is 14.7. The number of rotatable bonds is 3. The summed E-state index contributed by atoms with van der Waals surface area (Å²) in [5.74, 6) is -0.0235. The van der Waals surface area contributed by atoms with Crippen molar-refractivity contribution in [1.82, 2.24) is 4.90 Å². The van der Waals surface area contributed by atoms with Crippen LogP contribution in [0.3, 0.4) is 0 Å². The first-order chi connectivity index (χ1) is 9.45. The van der Waals surface area contributed by atoms with Gasteiger partial charge in [-0.3, -0.25) is 9.69 Å². The number of benzene rings is 1. The van der Waals surface area contributed by atoms with Crippen molar-refractivity contribution in [2.24, 2.45) is 11.7 Å². The lowest BCUT2D eigenvalue weighted by Gasteiger charge is -2.34. The average Bonchev–Trinajstić information content (AvgIpc) is 2.38. The van der Waals surface area contributed by atoms with Crippen LogP contribution in [0.2, 0.25) is 0 Å². The van der Waals surface area contributed by atoms with Gasteiger partial charge in [0.05, 0.1) is 6.54 Å². The predicted molar refractivity (Wildman–Crippen MR) is 78.0 cm³/mol. The lowest BCUT2D eigenvalue weighted by atomic mass is 9.95. The van der Waals surface area contributed by atoms with E-state index in [4.69, 9.17) is 5.73 Å². The molecule has 0 radical (unpaired) electrons. The van der Waals surface area contributed by atoms with Crippen molar-refractivity contribution >= 4 is 11.6 Å². The minimum Gasteiger partial charge on any atom is -0.327 e. The number of nitrogens with zero attached hydrogens (tertiary/aromatic N) is 1. The first-order valence-corrected chi connectivity index (χ1v) is 6.99. The van der Waals surface area contributed by atoms with Crippen molar-refractivity contribution in [3.8, 4) is 0 Å². The van der Waals surface area contributed by atoms with E-state index in [1.807, 2.05) is 0 Å². The molecule has 2 rings (SSSR count). The van der Waals surface area contributed by atoms with E-state index in [9.17, 15) is 9.18 Å². The average molecular weight is 279 g/mol. The van der Waals surface area contributed by atoms with Gasteiger partial charge < -0.3 is 11.1 Å². The lowest BCUT2D eigenvalue weighted by molar-refractivity contribution is -0.117. The summed E-state index contributed by atoms with van der Waals surface area (Å²) in [6.07, 6.45) is 0.910. The van der Waals surface area contributed by atoms with Crippen LogP contribution in [0, 0.1) is 18.7 Å². The van der Waals surface area contributed by atoms with Gasteiger partial charge in [-0.1, -0.05) is 13.0 Å². The summed E-state index contributed by atoms with van der Waals surface area (Å²) >= 11 is 0. The molecular weight excluding hydrogens is 257 g/mol. The van der Waals surface area contributed by atoms with Gasteiger partial charge in [0.25, 0.3) is 0 Å². The molecule has 1 amide bonds. The molecule has 0 saturated carbocycles. The van der Waals surface area contributed by atoms with Gasteiger partial charge >= 0.3 is 0 Å². The number of piperidine rings is 1. The molecule has 1 saturated heterocycles. The third-order valence-corrected chi connectivity index (χ3v) is 3.88. The van der Waals surface area contributed by atoms with Crippen LogP contribution >= 0.6 is 0 Å². The number of halogens is 1. The minimum atomic E-state index is -0.305. The van der Waals surface area contributed by atoms with Crippen LogP contribution in [0.25, 0.3) is 0 Å². The van der Waals surface area contributed by atoms with E-state index in [1.165, 1.54) is 6.07 Å². The molecule has 110 valence electrons. The Kier molecular flexibility index (Phi) is 4.73. The number of hydrogen-bond donors (Lipinski definition) is 2. The van der Waals surface area contributed by atoms with Crippen LogP contribution in [-0.4, -0.2) is 36.5 Å². The summed E-state index contributed by atoms with van der Waals surface area (Å²) in [5, 5.41) is 2.73. The summed E-state index contributed by atoms with van der Waals surface area (Å²) in [7, 11) is 0. The monoisotopic (exact) mass is 279 g/mol. The van der Waals surface area contributed by atoms with Gasteiger partial charge in [-0.15, -0.1) is 0 Å². The highest BCUT2D eigenvalue weighted by atomic mass is 19.1. The smallest absolute Gasteiger partial charge is 0.238 e. The van der Waals surface area contributed by atoms with Crippen LogP contribution in [-0.2, 0) is 4.79 Å². The van der Waals surface area contributed by atoms with E-state index in [0.29, 0.717) is 23.7 Å². The number of carbonyl (C=O) groups is 1. The predicted octanol–water partition coefficient (Wildman–Crippen LogP) is 1.74. The second-order valence-corrected chi connectivity index (χ2v) is 5.68. The van der Waals surface area contributed by atoms with E-state index >= 15 is 0 Å². The molecule has 0 spiro atoms. The summed E-state index contributed by atoms with van der Waals surface area (Å²) in [5.41, 5.74) is 7.03. The highest BCUT2D eigenvalue weighted by molar-refractivity contribution is 5.92. The van der Waals surface area contributed by atoms with Crippen molar-refractivity contribution in [1.29, 1.82) is 0 Å². The van der Waals surface area contributed by atoms with Crippen LogP contribution in [0.4, 0.5) is 10.1 Å². The van der Waals surface area contributed by atoms with Gasteiger partial charge in [-0.05, 0) is 37.0 Å². The Bertz CT molecular complexity index is 492. The maximum Gasteiger partial charge on any atom is 0.238 e. The van der Waals surface area contributed by atoms with Gasteiger partial charge in [-0.25, -0.2) is 4.39 Å². The second kappa shape index (κ2) is 6.33. The SMILES string of the molecule is Cc1ccc(NC(=O)CN2CCC(N)C(C)C2)cc1F. The number of nitrogens with two attached hydrogens (primary N) is 1. The van der Waals surface area contributed by atoms with E-state index < -0.39 is 0 Å². The molecule has 2 atom stereocenters. The van der Waals surface area contributed by atoms with E-state index in [-0.39, 0.29) is 17.8 Å². The summed E-state index contributed by atoms with van der Waals surface area (Å²) in [6, 6.07) is 4.94. The lowest BCUT2D eigenvalue weighted by Crippen LogP contribution is -2.48. The molecule has 1 fully saturated rings. The number of nitrogens with one attached hydrogen (secondary N) is 1. The molecule has 20 heavy (non-hydrogen) atoms. The first-order valence-electron chi connectivity index (χ1n) is 6.99. The maximum atomic E-state index is 13.4. The van der Waals surface area contributed by atoms with Crippen LogP contribution in [0.15, 0.2) is 18.2 Å². The molecule has 1 heterocycles. The zero-order valence-corrected chi connectivity index (χ0v) is 12.0. The molecular formula is C15H22FN3O. The summed E-state index contributed by atoms with van der Waals surface area (Å²) in [6.45, 7) is 5.79. The topological polar surface area (TPSA) is 58.4 Å². The Balaban J connectivity index is 1.87. The Labute approximate surface area is 119 Å². The van der Waals surface area contributed by atoms with Gasteiger partial charge in [0.15, 0.2) is 0 Å². The Morgan fingerprint density at radius 1 is 1.55 bits per heavy atom. The third-order valence-electron chi connectivity index (χ3n) is 3.88. The number of anilines is 1. The number of carbonyl (C=O) groups excluding carboxylic acids is 1. The van der Waals surface area contributed by atoms with Crippen molar-refractivity contribution in [3.05, 3.63) is 29.6 Å². The van der Waals surface area contributed by atoms with Gasteiger partial charge in [0.1, 0.15) is 5.82 Å².